The van der Waals surface area contributed by atoms with Crippen molar-refractivity contribution in [3.63, 3.8) is 0 Å². The second-order valence-corrected chi connectivity index (χ2v) is 7.40. The number of primary sulfonamides is 1. The van der Waals surface area contributed by atoms with Crippen molar-refractivity contribution >= 4 is 21.3 Å². The molecule has 4 nitrogen and oxygen atoms in total. The fourth-order valence-corrected chi connectivity index (χ4v) is 3.21. The number of rotatable bonds is 4. The van der Waals surface area contributed by atoms with E-state index in [4.69, 9.17) is 5.14 Å². The van der Waals surface area contributed by atoms with Crippen molar-refractivity contribution in [1.29, 1.82) is 0 Å². The minimum atomic E-state index is -3.81. The van der Waals surface area contributed by atoms with Gasteiger partial charge in [-0.05, 0) is 41.8 Å². The first kappa shape index (κ1) is 17.4. The zero-order valence-corrected chi connectivity index (χ0v) is 14.2. The van der Waals surface area contributed by atoms with E-state index < -0.39 is 22.5 Å². The summed E-state index contributed by atoms with van der Waals surface area (Å²) in [6.45, 7) is 1.94. The average molecular weight is 362 g/mol. The molecule has 2 N–H and O–H groups in total. The minimum Gasteiger partial charge on any atom is -0.271 e. The highest BCUT2D eigenvalue weighted by atomic mass is 32.2. The number of hydrogen-bond acceptors (Lipinski definition) is 3. The number of nitrogens with two attached hydrogens (primary N) is 1. The SMILES string of the molecule is Cc1ccc(C2=CC(C(F)F)=NC2c2ccc(S(N)(=O)=O)cc2)cc1. The summed E-state index contributed by atoms with van der Waals surface area (Å²) in [7, 11) is -3.81. The van der Waals surface area contributed by atoms with Crippen molar-refractivity contribution < 1.29 is 17.2 Å². The number of halogens is 2. The molecule has 7 heteroatoms. The Labute approximate surface area is 144 Å². The van der Waals surface area contributed by atoms with E-state index in [1.165, 1.54) is 18.2 Å². The molecule has 0 fully saturated rings. The van der Waals surface area contributed by atoms with Crippen molar-refractivity contribution in [1.82, 2.24) is 0 Å². The molecular formula is C18H16F2N2O2S. The van der Waals surface area contributed by atoms with Gasteiger partial charge in [-0.1, -0.05) is 42.0 Å². The first-order valence-corrected chi connectivity index (χ1v) is 9.07. The number of allylic oxidation sites excluding steroid dienone is 1. The van der Waals surface area contributed by atoms with Gasteiger partial charge >= 0.3 is 0 Å². The van der Waals surface area contributed by atoms with Gasteiger partial charge in [0.1, 0.15) is 11.8 Å². The molecule has 2 aromatic carbocycles. The van der Waals surface area contributed by atoms with E-state index in [2.05, 4.69) is 4.99 Å². The lowest BCUT2D eigenvalue weighted by Crippen LogP contribution is -2.12. The zero-order valence-electron chi connectivity index (χ0n) is 13.4. The number of aryl methyl sites for hydroxylation is 1. The molecule has 0 radical (unpaired) electrons. The molecule has 0 amide bonds. The van der Waals surface area contributed by atoms with Gasteiger partial charge in [0.25, 0.3) is 6.43 Å². The van der Waals surface area contributed by atoms with Crippen molar-refractivity contribution in [2.75, 3.05) is 0 Å². The summed E-state index contributed by atoms with van der Waals surface area (Å²) in [5, 5.41) is 5.09. The van der Waals surface area contributed by atoms with E-state index in [1.54, 1.807) is 12.1 Å². The summed E-state index contributed by atoms with van der Waals surface area (Å²) in [5.41, 5.74) is 2.85. The Morgan fingerprint density at radius 1 is 1.04 bits per heavy atom. The molecule has 1 heterocycles. The molecule has 0 aliphatic carbocycles. The summed E-state index contributed by atoms with van der Waals surface area (Å²) in [5.74, 6) is 0. The first-order chi connectivity index (χ1) is 11.8. The maximum absolute atomic E-state index is 13.1. The normalized spacial score (nSPS) is 17.6. The molecule has 0 saturated carbocycles. The number of hydrogen-bond donors (Lipinski definition) is 1. The standard InChI is InChI=1S/C18H16F2N2O2S/c1-11-2-4-12(5-3-11)15-10-16(18(19)20)22-17(15)13-6-8-14(9-7-13)25(21,23)24/h2-10,17-18H,1H3,(H2,21,23,24). The van der Waals surface area contributed by atoms with Crippen LogP contribution in [0.3, 0.4) is 0 Å². The van der Waals surface area contributed by atoms with Crippen LogP contribution in [0.2, 0.25) is 0 Å². The molecule has 1 aliphatic rings. The maximum Gasteiger partial charge on any atom is 0.279 e. The molecule has 2 aromatic rings. The van der Waals surface area contributed by atoms with Crippen LogP contribution in [0.25, 0.3) is 5.57 Å². The Morgan fingerprint density at radius 2 is 1.64 bits per heavy atom. The lowest BCUT2D eigenvalue weighted by Gasteiger charge is -2.14. The molecule has 1 unspecified atom stereocenters. The Morgan fingerprint density at radius 3 is 2.16 bits per heavy atom. The van der Waals surface area contributed by atoms with E-state index in [0.29, 0.717) is 11.1 Å². The van der Waals surface area contributed by atoms with E-state index in [1.807, 2.05) is 31.2 Å². The van der Waals surface area contributed by atoms with E-state index in [9.17, 15) is 17.2 Å². The van der Waals surface area contributed by atoms with Crippen LogP contribution in [0.5, 0.6) is 0 Å². The molecule has 130 valence electrons. The highest BCUT2D eigenvalue weighted by Gasteiger charge is 2.27. The van der Waals surface area contributed by atoms with Gasteiger partial charge in [0.2, 0.25) is 10.0 Å². The van der Waals surface area contributed by atoms with Gasteiger partial charge in [-0.3, -0.25) is 4.99 Å². The maximum atomic E-state index is 13.1. The number of aliphatic imine (C=N–C) groups is 1. The average Bonchev–Trinajstić information content (AvgIpc) is 3.00. The number of sulfonamides is 1. The predicted molar refractivity (Wildman–Crippen MR) is 93.2 cm³/mol. The van der Waals surface area contributed by atoms with Crippen LogP contribution < -0.4 is 5.14 Å². The Kier molecular flexibility index (Phi) is 4.53. The molecule has 25 heavy (non-hydrogen) atoms. The topological polar surface area (TPSA) is 72.5 Å². The number of benzene rings is 2. The minimum absolute atomic E-state index is 0.0341. The molecule has 0 spiro atoms. The highest BCUT2D eigenvalue weighted by Crippen LogP contribution is 2.38. The Hall–Kier alpha value is -2.38. The van der Waals surface area contributed by atoms with Gasteiger partial charge in [0.05, 0.1) is 4.90 Å². The van der Waals surface area contributed by atoms with Gasteiger partial charge in [-0.25, -0.2) is 22.3 Å². The van der Waals surface area contributed by atoms with Gasteiger partial charge in [-0.2, -0.15) is 0 Å². The van der Waals surface area contributed by atoms with Crippen LogP contribution in [-0.4, -0.2) is 20.6 Å². The summed E-state index contributed by atoms with van der Waals surface area (Å²) in [6.07, 6.45) is -1.28. The van der Waals surface area contributed by atoms with Gasteiger partial charge < -0.3 is 0 Å². The lowest BCUT2D eigenvalue weighted by molar-refractivity contribution is 0.226. The predicted octanol–water partition coefficient (Wildman–Crippen LogP) is 3.49. The van der Waals surface area contributed by atoms with Crippen LogP contribution in [0.15, 0.2) is 64.5 Å². The monoisotopic (exact) mass is 362 g/mol. The van der Waals surface area contributed by atoms with Crippen molar-refractivity contribution in [3.05, 3.63) is 71.3 Å². The smallest absolute Gasteiger partial charge is 0.271 e. The summed E-state index contributed by atoms with van der Waals surface area (Å²) in [6, 6.07) is 12.7. The van der Waals surface area contributed by atoms with Crippen molar-refractivity contribution in [2.24, 2.45) is 10.1 Å². The molecule has 0 saturated heterocycles. The lowest BCUT2D eigenvalue weighted by atomic mass is 9.94. The van der Waals surface area contributed by atoms with Crippen LogP contribution in [0.4, 0.5) is 8.78 Å². The van der Waals surface area contributed by atoms with Crippen LogP contribution in [0, 0.1) is 6.92 Å². The third kappa shape index (κ3) is 3.67. The van der Waals surface area contributed by atoms with Crippen LogP contribution in [0.1, 0.15) is 22.7 Å². The summed E-state index contributed by atoms with van der Waals surface area (Å²) >= 11 is 0. The van der Waals surface area contributed by atoms with E-state index in [-0.39, 0.29) is 10.6 Å². The second-order valence-electron chi connectivity index (χ2n) is 5.84. The fourth-order valence-electron chi connectivity index (χ4n) is 2.69. The number of nitrogens with zero attached hydrogens (tertiary/aromatic N) is 1. The fraction of sp³-hybridized carbons (Fsp3) is 0.167. The van der Waals surface area contributed by atoms with Crippen LogP contribution >= 0.6 is 0 Å². The Bertz CT molecular complexity index is 948. The van der Waals surface area contributed by atoms with Gasteiger partial charge in [-0.15, -0.1) is 0 Å². The molecule has 0 bridgehead atoms. The molecule has 0 aromatic heterocycles. The molecular weight excluding hydrogens is 346 g/mol. The quantitative estimate of drug-likeness (QED) is 0.904. The van der Waals surface area contributed by atoms with Gasteiger partial charge in [0.15, 0.2) is 0 Å². The van der Waals surface area contributed by atoms with Crippen LogP contribution in [-0.2, 0) is 10.0 Å². The zero-order chi connectivity index (χ0) is 18.2. The largest absolute Gasteiger partial charge is 0.279 e. The van der Waals surface area contributed by atoms with Crippen molar-refractivity contribution in [2.45, 2.75) is 24.3 Å². The first-order valence-electron chi connectivity index (χ1n) is 7.53. The third-order valence-electron chi connectivity index (χ3n) is 4.01. The molecule has 1 atom stereocenters. The van der Waals surface area contributed by atoms with E-state index in [0.717, 1.165) is 11.1 Å². The van der Waals surface area contributed by atoms with E-state index >= 15 is 0 Å². The summed E-state index contributed by atoms with van der Waals surface area (Å²) in [4.78, 5) is 4.09. The second kappa shape index (κ2) is 6.50. The highest BCUT2D eigenvalue weighted by molar-refractivity contribution is 7.89. The molecule has 3 rings (SSSR count). The molecule has 1 aliphatic heterocycles. The Balaban J connectivity index is 2.02. The van der Waals surface area contributed by atoms with Gasteiger partial charge in [0, 0.05) is 0 Å². The third-order valence-corrected chi connectivity index (χ3v) is 4.94. The van der Waals surface area contributed by atoms with Crippen molar-refractivity contribution in [3.8, 4) is 0 Å². The number of alkyl halides is 2. The summed E-state index contributed by atoms with van der Waals surface area (Å²) < 4.78 is 49.0.